The smallest absolute Gasteiger partial charge is 0.335 e. The Morgan fingerprint density at radius 2 is 2.08 bits per heavy atom. The molecule has 0 unspecified atom stereocenters. The van der Waals surface area contributed by atoms with Crippen LogP contribution in [0.5, 0.6) is 5.75 Å². The third-order valence-electron chi connectivity index (χ3n) is 1.41. The van der Waals surface area contributed by atoms with Crippen LogP contribution in [0.25, 0.3) is 0 Å². The number of nitro groups is 1. The Hall–Kier alpha value is -2.11. The second-order valence-electron chi connectivity index (χ2n) is 2.24. The summed E-state index contributed by atoms with van der Waals surface area (Å²) in [6, 6.07) is 2.58. The summed E-state index contributed by atoms with van der Waals surface area (Å²) in [7, 11) is 0. The van der Waals surface area contributed by atoms with Gasteiger partial charge in [0.1, 0.15) is 0 Å². The zero-order chi connectivity index (χ0) is 10.0. The Balaban J connectivity index is 3.20. The Bertz CT molecular complexity index is 373. The maximum absolute atomic E-state index is 10.9. The van der Waals surface area contributed by atoms with E-state index >= 15 is 0 Å². The molecule has 1 aromatic rings. The van der Waals surface area contributed by atoms with E-state index in [9.17, 15) is 20.0 Å². The van der Waals surface area contributed by atoms with Gasteiger partial charge in [0, 0.05) is 12.1 Å². The van der Waals surface area contributed by atoms with Gasteiger partial charge < -0.3 is 10.2 Å². The number of carboxylic acid groups (broad SMARTS) is 1. The van der Waals surface area contributed by atoms with Crippen molar-refractivity contribution in [2.75, 3.05) is 0 Å². The minimum atomic E-state index is -1.39. The van der Waals surface area contributed by atoms with Crippen LogP contribution in [-0.2, 0) is 0 Å². The van der Waals surface area contributed by atoms with Crippen molar-refractivity contribution in [3.05, 3.63) is 33.9 Å². The van der Waals surface area contributed by atoms with Crippen LogP contribution in [0.1, 0.15) is 10.4 Å². The molecule has 0 aliphatic rings. The molecule has 0 bridgehead atoms. The van der Waals surface area contributed by atoms with Gasteiger partial charge in [-0.1, -0.05) is 5.75 Å². The number of nitrogens with zero attached hydrogens (tertiary/aromatic N) is 1. The van der Waals surface area contributed by atoms with Crippen LogP contribution < -0.4 is 5.11 Å². The van der Waals surface area contributed by atoms with Gasteiger partial charge in [-0.25, -0.2) is 4.79 Å². The first-order valence-corrected chi connectivity index (χ1v) is 3.21. The molecule has 13 heavy (non-hydrogen) atoms. The van der Waals surface area contributed by atoms with E-state index in [2.05, 4.69) is 0 Å². The summed E-state index contributed by atoms with van der Waals surface area (Å²) in [6.07, 6.45) is 0. The lowest BCUT2D eigenvalue weighted by Crippen LogP contribution is -2.04. The molecule has 0 radical (unpaired) electrons. The minimum absolute atomic E-state index is 0.407. The van der Waals surface area contributed by atoms with Crippen molar-refractivity contribution in [3.8, 4) is 5.75 Å². The molecule has 0 saturated carbocycles. The van der Waals surface area contributed by atoms with Gasteiger partial charge in [-0.3, -0.25) is 10.1 Å². The number of rotatable bonds is 2. The van der Waals surface area contributed by atoms with Crippen LogP contribution in [-0.4, -0.2) is 16.0 Å². The van der Waals surface area contributed by atoms with Gasteiger partial charge in [0.05, 0.1) is 10.5 Å². The maximum Gasteiger partial charge on any atom is 0.335 e. The van der Waals surface area contributed by atoms with Crippen LogP contribution in [0.4, 0.5) is 5.69 Å². The number of hydrogen-bond donors (Lipinski definition) is 1. The molecule has 0 spiro atoms. The van der Waals surface area contributed by atoms with Crippen LogP contribution in [0.2, 0.25) is 0 Å². The first-order chi connectivity index (χ1) is 6.02. The van der Waals surface area contributed by atoms with E-state index in [0.29, 0.717) is 6.07 Å². The van der Waals surface area contributed by atoms with Crippen molar-refractivity contribution in [1.82, 2.24) is 0 Å². The first kappa shape index (κ1) is 8.98. The lowest BCUT2D eigenvalue weighted by molar-refractivity contribution is -0.385. The molecule has 1 N–H and O–H groups in total. The Labute approximate surface area is 72.2 Å². The molecule has 0 aliphatic carbocycles. The number of benzene rings is 1. The topological polar surface area (TPSA) is 104 Å². The van der Waals surface area contributed by atoms with Gasteiger partial charge >= 0.3 is 5.97 Å². The highest BCUT2D eigenvalue weighted by atomic mass is 16.6. The van der Waals surface area contributed by atoms with E-state index in [4.69, 9.17) is 5.11 Å². The third kappa shape index (κ3) is 1.73. The molecule has 6 heteroatoms. The molecule has 0 heterocycles. The molecule has 68 valence electrons. The fourth-order valence-corrected chi connectivity index (χ4v) is 0.801. The normalized spacial score (nSPS) is 9.54. The van der Waals surface area contributed by atoms with Gasteiger partial charge in [0.25, 0.3) is 5.69 Å². The molecule has 1 rings (SSSR count). The molecule has 0 atom stereocenters. The number of hydrogen-bond acceptors (Lipinski definition) is 4. The standard InChI is InChI=1S/C7H5NO5/c9-6-3-4(8(12)13)1-2-5(6)7(10)11/h1-3,9H,(H,10,11)/p-1. The molecule has 6 nitrogen and oxygen atoms in total. The van der Waals surface area contributed by atoms with Gasteiger partial charge in [-0.2, -0.15) is 0 Å². The van der Waals surface area contributed by atoms with E-state index in [1.54, 1.807) is 0 Å². The summed E-state index contributed by atoms with van der Waals surface area (Å²) in [4.78, 5) is 19.7. The predicted octanol–water partition coefficient (Wildman–Crippen LogP) is 0.367. The van der Waals surface area contributed by atoms with Gasteiger partial charge in [0.15, 0.2) is 0 Å². The second-order valence-corrected chi connectivity index (χ2v) is 2.24. The lowest BCUT2D eigenvalue weighted by Gasteiger charge is -2.07. The molecular formula is C7H4NO5-. The number of non-ortho nitro benzene ring substituents is 1. The van der Waals surface area contributed by atoms with Crippen LogP contribution in [0, 0.1) is 10.1 Å². The predicted molar refractivity (Wildman–Crippen MR) is 39.5 cm³/mol. The monoisotopic (exact) mass is 182 g/mol. The van der Waals surface area contributed by atoms with E-state index in [1.807, 2.05) is 0 Å². The summed E-state index contributed by atoms with van der Waals surface area (Å²) in [6.45, 7) is 0. The fourth-order valence-electron chi connectivity index (χ4n) is 0.801. The zero-order valence-corrected chi connectivity index (χ0v) is 6.26. The molecule has 0 aromatic heterocycles. The highest BCUT2D eigenvalue weighted by Gasteiger charge is 2.09. The largest absolute Gasteiger partial charge is 0.872 e. The van der Waals surface area contributed by atoms with Crippen LogP contribution in [0.15, 0.2) is 18.2 Å². The van der Waals surface area contributed by atoms with E-state index in [0.717, 1.165) is 12.1 Å². The Kier molecular flexibility index (Phi) is 2.14. The average molecular weight is 182 g/mol. The maximum atomic E-state index is 10.9. The van der Waals surface area contributed by atoms with Gasteiger partial charge in [-0.05, 0) is 6.07 Å². The van der Waals surface area contributed by atoms with E-state index in [-0.39, 0.29) is 0 Å². The summed E-state index contributed by atoms with van der Waals surface area (Å²) >= 11 is 0. The summed E-state index contributed by atoms with van der Waals surface area (Å²) in [5.74, 6) is -2.25. The number of nitro benzene ring substituents is 1. The van der Waals surface area contributed by atoms with Crippen molar-refractivity contribution >= 4 is 11.7 Å². The molecular weight excluding hydrogens is 178 g/mol. The molecule has 0 amide bonds. The van der Waals surface area contributed by atoms with E-state index in [1.165, 1.54) is 0 Å². The molecule has 0 fully saturated rings. The molecule has 0 aliphatic heterocycles. The van der Waals surface area contributed by atoms with Crippen molar-refractivity contribution in [2.45, 2.75) is 0 Å². The van der Waals surface area contributed by atoms with Crippen LogP contribution in [0.3, 0.4) is 0 Å². The quantitative estimate of drug-likeness (QED) is 0.525. The summed E-state index contributed by atoms with van der Waals surface area (Å²) in [5.41, 5.74) is -0.874. The van der Waals surface area contributed by atoms with Crippen LogP contribution >= 0.6 is 0 Å². The summed E-state index contributed by atoms with van der Waals surface area (Å²) in [5, 5.41) is 29.5. The Morgan fingerprint density at radius 1 is 1.46 bits per heavy atom. The van der Waals surface area contributed by atoms with E-state index < -0.39 is 27.9 Å². The lowest BCUT2D eigenvalue weighted by atomic mass is 10.2. The number of carbonyl (C=O) groups is 1. The van der Waals surface area contributed by atoms with Crippen molar-refractivity contribution in [3.63, 3.8) is 0 Å². The first-order valence-electron chi connectivity index (χ1n) is 3.21. The average Bonchev–Trinajstić information content (AvgIpc) is 2.03. The SMILES string of the molecule is O=C(O)c1ccc([N+](=O)[O-])cc1[O-]. The van der Waals surface area contributed by atoms with Crippen molar-refractivity contribution in [1.29, 1.82) is 0 Å². The Morgan fingerprint density at radius 3 is 2.46 bits per heavy atom. The van der Waals surface area contributed by atoms with Crippen molar-refractivity contribution < 1.29 is 19.9 Å². The molecule has 1 aromatic carbocycles. The molecule has 0 saturated heterocycles. The number of carboxylic acids is 1. The highest BCUT2D eigenvalue weighted by Crippen LogP contribution is 2.20. The third-order valence-corrected chi connectivity index (χ3v) is 1.41. The van der Waals surface area contributed by atoms with Crippen molar-refractivity contribution in [2.24, 2.45) is 0 Å². The highest BCUT2D eigenvalue weighted by molar-refractivity contribution is 5.90. The minimum Gasteiger partial charge on any atom is -0.872 e. The zero-order valence-electron chi connectivity index (χ0n) is 6.26. The van der Waals surface area contributed by atoms with Gasteiger partial charge in [0.2, 0.25) is 0 Å². The fraction of sp³-hybridized carbons (Fsp3) is 0. The van der Waals surface area contributed by atoms with Gasteiger partial charge in [-0.15, -0.1) is 0 Å². The number of aromatic carboxylic acids is 1. The summed E-state index contributed by atoms with van der Waals surface area (Å²) < 4.78 is 0. The second kappa shape index (κ2) is 3.10.